The fourth-order valence-corrected chi connectivity index (χ4v) is 4.06. The number of halogens is 1. The second-order valence-electron chi connectivity index (χ2n) is 7.69. The molecule has 1 amide bonds. The largest absolute Gasteiger partial charge is 0.325 e. The molecular formula is C22H26BrN5O. The number of hydrogen-bond acceptors (Lipinski definition) is 4. The lowest BCUT2D eigenvalue weighted by molar-refractivity contribution is -0.117. The lowest BCUT2D eigenvalue weighted by Gasteiger charge is -2.33. The third-order valence-electron chi connectivity index (χ3n) is 5.56. The minimum absolute atomic E-state index is 0.0538. The summed E-state index contributed by atoms with van der Waals surface area (Å²) < 4.78 is 3.09. The van der Waals surface area contributed by atoms with Crippen molar-refractivity contribution in [2.75, 3.05) is 38.0 Å². The van der Waals surface area contributed by atoms with Gasteiger partial charge in [-0.25, -0.2) is 4.98 Å². The van der Waals surface area contributed by atoms with E-state index in [2.05, 4.69) is 50.2 Å². The van der Waals surface area contributed by atoms with Gasteiger partial charge in [-0.2, -0.15) is 0 Å². The van der Waals surface area contributed by atoms with Crippen LogP contribution in [-0.2, 0) is 11.3 Å². The maximum absolute atomic E-state index is 12.5. The number of carbonyl (C=O) groups is 1. The molecule has 3 heterocycles. The van der Waals surface area contributed by atoms with Crippen LogP contribution in [0.15, 0.2) is 47.2 Å². The van der Waals surface area contributed by atoms with Crippen LogP contribution in [0.2, 0.25) is 0 Å². The molecule has 1 N–H and O–H groups in total. The summed E-state index contributed by atoms with van der Waals surface area (Å²) in [5.74, 6) is 0.0538. The highest BCUT2D eigenvalue weighted by molar-refractivity contribution is 9.10. The van der Waals surface area contributed by atoms with Crippen LogP contribution >= 0.6 is 15.9 Å². The molecule has 6 nitrogen and oxygen atoms in total. The average Bonchev–Trinajstić information content (AvgIpc) is 3.08. The Morgan fingerprint density at radius 3 is 2.62 bits per heavy atom. The zero-order chi connectivity index (χ0) is 20.4. The van der Waals surface area contributed by atoms with Crippen molar-refractivity contribution in [3.05, 3.63) is 64.0 Å². The van der Waals surface area contributed by atoms with Crippen molar-refractivity contribution in [3.63, 3.8) is 0 Å². The van der Waals surface area contributed by atoms with E-state index in [1.807, 2.05) is 41.8 Å². The molecule has 1 aromatic carbocycles. The van der Waals surface area contributed by atoms with Crippen molar-refractivity contribution in [1.82, 2.24) is 19.2 Å². The van der Waals surface area contributed by atoms with E-state index in [-0.39, 0.29) is 5.91 Å². The van der Waals surface area contributed by atoms with Gasteiger partial charge < -0.3 is 9.72 Å². The van der Waals surface area contributed by atoms with E-state index in [0.29, 0.717) is 6.54 Å². The van der Waals surface area contributed by atoms with E-state index in [1.165, 1.54) is 5.56 Å². The van der Waals surface area contributed by atoms with Crippen molar-refractivity contribution >= 4 is 33.2 Å². The first-order valence-electron chi connectivity index (χ1n) is 9.92. The summed E-state index contributed by atoms with van der Waals surface area (Å²) in [7, 11) is 0. The fraction of sp³-hybridized carbons (Fsp3) is 0.364. The molecule has 0 aliphatic carbocycles. The fourth-order valence-electron chi connectivity index (χ4n) is 3.71. The lowest BCUT2D eigenvalue weighted by Crippen LogP contribution is -2.48. The van der Waals surface area contributed by atoms with E-state index >= 15 is 0 Å². The minimum Gasteiger partial charge on any atom is -0.325 e. The van der Waals surface area contributed by atoms with Gasteiger partial charge in [0.05, 0.1) is 12.2 Å². The SMILES string of the molecule is Cc1cccc(NC(=O)CN2CCN(Cc3cn4cc(Br)ccc4n3)CC2)c1C. The van der Waals surface area contributed by atoms with E-state index in [9.17, 15) is 4.79 Å². The van der Waals surface area contributed by atoms with Gasteiger partial charge in [-0.1, -0.05) is 12.1 Å². The van der Waals surface area contributed by atoms with Gasteiger partial charge >= 0.3 is 0 Å². The number of aromatic nitrogens is 2. The Kier molecular flexibility index (Phi) is 5.99. The molecular weight excluding hydrogens is 430 g/mol. The van der Waals surface area contributed by atoms with Gasteiger partial charge in [-0.3, -0.25) is 14.6 Å². The number of pyridine rings is 1. The standard InChI is InChI=1S/C22H26BrN5O/c1-16-4-3-5-20(17(16)2)25-22(29)15-27-10-8-26(9-11-27)13-19-14-28-12-18(23)6-7-21(28)24-19/h3-7,12,14H,8-11,13,15H2,1-2H3,(H,25,29). The highest BCUT2D eigenvalue weighted by Crippen LogP contribution is 2.18. The van der Waals surface area contributed by atoms with Gasteiger partial charge in [0.2, 0.25) is 5.91 Å². The Balaban J connectivity index is 1.27. The molecule has 0 radical (unpaired) electrons. The first kappa shape index (κ1) is 20.1. The molecule has 2 aromatic heterocycles. The molecule has 0 unspecified atom stereocenters. The van der Waals surface area contributed by atoms with Crippen LogP contribution in [0.4, 0.5) is 5.69 Å². The highest BCUT2D eigenvalue weighted by Gasteiger charge is 2.20. The summed E-state index contributed by atoms with van der Waals surface area (Å²) in [6.45, 7) is 9.03. The molecule has 1 aliphatic heterocycles. The zero-order valence-corrected chi connectivity index (χ0v) is 18.4. The second kappa shape index (κ2) is 8.65. The number of rotatable bonds is 5. The zero-order valence-electron chi connectivity index (χ0n) is 16.9. The van der Waals surface area contributed by atoms with Gasteiger partial charge in [0.25, 0.3) is 0 Å². The van der Waals surface area contributed by atoms with Crippen LogP contribution < -0.4 is 5.32 Å². The Bertz CT molecular complexity index is 1020. The van der Waals surface area contributed by atoms with Crippen LogP contribution in [0.1, 0.15) is 16.8 Å². The van der Waals surface area contributed by atoms with Gasteiger partial charge in [-0.05, 0) is 59.1 Å². The molecule has 0 atom stereocenters. The van der Waals surface area contributed by atoms with Crippen molar-refractivity contribution in [3.8, 4) is 0 Å². The molecule has 7 heteroatoms. The predicted molar refractivity (Wildman–Crippen MR) is 119 cm³/mol. The maximum atomic E-state index is 12.5. The third kappa shape index (κ3) is 4.86. The van der Waals surface area contributed by atoms with E-state index in [0.717, 1.165) is 59.8 Å². The summed E-state index contributed by atoms with van der Waals surface area (Å²) in [5.41, 5.74) is 5.27. The Labute approximate surface area is 179 Å². The molecule has 1 fully saturated rings. The number of nitrogens with zero attached hydrogens (tertiary/aromatic N) is 4. The second-order valence-corrected chi connectivity index (χ2v) is 8.61. The number of anilines is 1. The van der Waals surface area contributed by atoms with E-state index in [1.54, 1.807) is 0 Å². The maximum Gasteiger partial charge on any atom is 0.238 e. The van der Waals surface area contributed by atoms with Gasteiger partial charge in [-0.15, -0.1) is 0 Å². The topological polar surface area (TPSA) is 52.9 Å². The number of amides is 1. The van der Waals surface area contributed by atoms with E-state index < -0.39 is 0 Å². The smallest absolute Gasteiger partial charge is 0.238 e. The van der Waals surface area contributed by atoms with Crippen LogP contribution in [0.3, 0.4) is 0 Å². The Morgan fingerprint density at radius 1 is 1.07 bits per heavy atom. The summed E-state index contributed by atoms with van der Waals surface area (Å²) in [6, 6.07) is 10.0. The monoisotopic (exact) mass is 455 g/mol. The molecule has 152 valence electrons. The van der Waals surface area contributed by atoms with Crippen molar-refractivity contribution in [2.45, 2.75) is 20.4 Å². The number of piperazine rings is 1. The van der Waals surface area contributed by atoms with Gasteiger partial charge in [0.1, 0.15) is 5.65 Å². The number of aryl methyl sites for hydroxylation is 1. The summed E-state index contributed by atoms with van der Waals surface area (Å²) in [5, 5.41) is 3.06. The number of carbonyl (C=O) groups excluding carboxylic acids is 1. The van der Waals surface area contributed by atoms with Crippen LogP contribution in [0.25, 0.3) is 5.65 Å². The normalized spacial score (nSPS) is 15.7. The lowest BCUT2D eigenvalue weighted by atomic mass is 10.1. The molecule has 29 heavy (non-hydrogen) atoms. The summed E-state index contributed by atoms with van der Waals surface area (Å²) >= 11 is 3.50. The first-order valence-corrected chi connectivity index (χ1v) is 10.7. The molecule has 0 saturated carbocycles. The number of hydrogen-bond donors (Lipinski definition) is 1. The number of benzene rings is 1. The van der Waals surface area contributed by atoms with E-state index in [4.69, 9.17) is 4.98 Å². The highest BCUT2D eigenvalue weighted by atomic mass is 79.9. The molecule has 1 saturated heterocycles. The Hall–Kier alpha value is -2.22. The predicted octanol–water partition coefficient (Wildman–Crippen LogP) is 3.47. The first-order chi connectivity index (χ1) is 14.0. The third-order valence-corrected chi connectivity index (χ3v) is 6.03. The van der Waals surface area contributed by atoms with Crippen LogP contribution in [0.5, 0.6) is 0 Å². The Morgan fingerprint density at radius 2 is 1.83 bits per heavy atom. The molecule has 0 bridgehead atoms. The molecule has 1 aliphatic rings. The molecule has 3 aromatic rings. The van der Waals surface area contributed by atoms with Gasteiger partial charge in [0, 0.05) is 55.3 Å². The summed E-state index contributed by atoms with van der Waals surface area (Å²) in [6.07, 6.45) is 4.11. The van der Waals surface area contributed by atoms with Crippen molar-refractivity contribution < 1.29 is 4.79 Å². The van der Waals surface area contributed by atoms with Crippen molar-refractivity contribution in [1.29, 1.82) is 0 Å². The van der Waals surface area contributed by atoms with Crippen molar-refractivity contribution in [2.24, 2.45) is 0 Å². The van der Waals surface area contributed by atoms with Crippen LogP contribution in [-0.4, -0.2) is 57.8 Å². The van der Waals surface area contributed by atoms with Crippen LogP contribution in [0, 0.1) is 13.8 Å². The number of imidazole rings is 1. The number of nitrogens with one attached hydrogen (secondary N) is 1. The average molecular weight is 456 g/mol. The quantitative estimate of drug-likeness (QED) is 0.639. The molecule has 4 rings (SSSR count). The summed E-state index contributed by atoms with van der Waals surface area (Å²) in [4.78, 5) is 21.8. The molecule has 0 spiro atoms. The minimum atomic E-state index is 0.0538. The number of fused-ring (bicyclic) bond motifs is 1. The van der Waals surface area contributed by atoms with Gasteiger partial charge in [0.15, 0.2) is 0 Å².